The molecule has 0 radical (unpaired) electrons. The summed E-state index contributed by atoms with van der Waals surface area (Å²) >= 11 is 0. The lowest BCUT2D eigenvalue weighted by atomic mass is 9.90. The number of aryl methyl sites for hydroxylation is 4. The van der Waals surface area contributed by atoms with E-state index in [1.165, 1.54) is 61.0 Å². The summed E-state index contributed by atoms with van der Waals surface area (Å²) in [6.45, 7) is 13.4. The number of hydrogen-bond acceptors (Lipinski definition) is 0. The van der Waals surface area contributed by atoms with Crippen LogP contribution in [-0.2, 0) is 13.5 Å². The number of aromatic nitrogens is 1. The first-order chi connectivity index (χ1) is 14.7. The molecule has 0 bridgehead atoms. The van der Waals surface area contributed by atoms with E-state index in [-0.39, 0.29) is 0 Å². The van der Waals surface area contributed by atoms with Crippen molar-refractivity contribution in [1.82, 2.24) is 0 Å². The van der Waals surface area contributed by atoms with Crippen molar-refractivity contribution in [3.05, 3.63) is 88.6 Å². The second-order valence-electron chi connectivity index (χ2n) is 9.60. The van der Waals surface area contributed by atoms with Crippen molar-refractivity contribution in [1.29, 1.82) is 0 Å². The number of hydrogen-bond donors (Lipinski definition) is 0. The topological polar surface area (TPSA) is 3.88 Å². The van der Waals surface area contributed by atoms with Crippen LogP contribution < -0.4 is 4.57 Å². The average Bonchev–Trinajstić information content (AvgIpc) is 2.71. The first kappa shape index (κ1) is 21.3. The largest absolute Gasteiger partial charge is 0.220 e. The van der Waals surface area contributed by atoms with E-state index >= 15 is 0 Å². The molecular weight excluding hydrogens is 374 g/mol. The molecule has 0 saturated carbocycles. The van der Waals surface area contributed by atoms with Crippen LogP contribution in [0.2, 0.25) is 0 Å². The second kappa shape index (κ2) is 8.30. The van der Waals surface area contributed by atoms with E-state index in [2.05, 4.69) is 114 Å². The van der Waals surface area contributed by atoms with Gasteiger partial charge in [0.2, 0.25) is 5.69 Å². The molecule has 1 nitrogen and oxygen atoms in total. The molecule has 0 aliphatic carbocycles. The fourth-order valence-corrected chi connectivity index (χ4v) is 4.72. The molecular formula is C30H34N+. The molecule has 4 rings (SSSR count). The molecule has 0 aliphatic heterocycles. The standard InChI is InChI=1S/C30H34N/c1-19(2)14-24-10-13-26-28(17-24)29(25-11-8-20(3)9-12-25)18-31(7)30(26)27-16-21(4)15-22(5)23(27)6/h8-13,15-19H,14H2,1-7H3/q+1. The zero-order chi connectivity index (χ0) is 22.3. The molecule has 1 aromatic heterocycles. The molecule has 1 heterocycles. The van der Waals surface area contributed by atoms with E-state index in [0.29, 0.717) is 5.92 Å². The minimum Gasteiger partial charge on any atom is -0.200 e. The van der Waals surface area contributed by atoms with Gasteiger partial charge in [0.25, 0.3) is 0 Å². The predicted molar refractivity (Wildman–Crippen MR) is 133 cm³/mol. The van der Waals surface area contributed by atoms with Gasteiger partial charge in [0, 0.05) is 5.39 Å². The van der Waals surface area contributed by atoms with Crippen molar-refractivity contribution in [2.24, 2.45) is 13.0 Å². The van der Waals surface area contributed by atoms with Crippen LogP contribution in [0.25, 0.3) is 33.2 Å². The van der Waals surface area contributed by atoms with Gasteiger partial charge in [-0.15, -0.1) is 0 Å². The summed E-state index contributed by atoms with van der Waals surface area (Å²) in [6.07, 6.45) is 3.42. The van der Waals surface area contributed by atoms with Crippen LogP contribution >= 0.6 is 0 Å². The molecule has 0 saturated heterocycles. The van der Waals surface area contributed by atoms with Gasteiger partial charge in [0.15, 0.2) is 6.20 Å². The highest BCUT2D eigenvalue weighted by Crippen LogP contribution is 2.36. The van der Waals surface area contributed by atoms with E-state index < -0.39 is 0 Å². The molecule has 0 fully saturated rings. The van der Waals surface area contributed by atoms with E-state index in [0.717, 1.165) is 6.42 Å². The maximum atomic E-state index is 2.42. The Morgan fingerprint density at radius 3 is 2.13 bits per heavy atom. The SMILES string of the molecule is Cc1ccc(-c2c[n+](C)c(-c3cc(C)cc(C)c3C)c3ccc(CC(C)C)cc23)cc1. The fourth-order valence-electron chi connectivity index (χ4n) is 4.72. The van der Waals surface area contributed by atoms with E-state index in [4.69, 9.17) is 0 Å². The molecule has 1 heteroatoms. The van der Waals surface area contributed by atoms with Crippen LogP contribution in [0.15, 0.2) is 60.8 Å². The Balaban J connectivity index is 2.07. The van der Waals surface area contributed by atoms with E-state index in [1.54, 1.807) is 0 Å². The Labute approximate surface area is 187 Å². The summed E-state index contributed by atoms with van der Waals surface area (Å²) in [4.78, 5) is 0. The van der Waals surface area contributed by atoms with Gasteiger partial charge in [-0.1, -0.05) is 67.4 Å². The summed E-state index contributed by atoms with van der Waals surface area (Å²) in [6, 6.07) is 20.6. The normalized spacial score (nSPS) is 11.5. The molecule has 0 unspecified atom stereocenters. The Morgan fingerprint density at radius 2 is 1.45 bits per heavy atom. The first-order valence-electron chi connectivity index (χ1n) is 11.3. The third kappa shape index (κ3) is 4.14. The molecule has 0 N–H and O–H groups in total. The van der Waals surface area contributed by atoms with Crippen LogP contribution in [0.1, 0.15) is 41.7 Å². The lowest BCUT2D eigenvalue weighted by Crippen LogP contribution is -2.31. The maximum absolute atomic E-state index is 2.42. The van der Waals surface area contributed by atoms with Crippen molar-refractivity contribution in [3.63, 3.8) is 0 Å². The fraction of sp³-hybridized carbons (Fsp3) is 0.300. The summed E-state index contributed by atoms with van der Waals surface area (Å²) < 4.78 is 2.32. The number of nitrogens with zero attached hydrogens (tertiary/aromatic N) is 1. The number of pyridine rings is 1. The minimum atomic E-state index is 0.640. The highest BCUT2D eigenvalue weighted by molar-refractivity contribution is 6.02. The Morgan fingerprint density at radius 1 is 0.742 bits per heavy atom. The quantitative estimate of drug-likeness (QED) is 0.309. The smallest absolute Gasteiger partial charge is 0.200 e. The molecule has 0 atom stereocenters. The second-order valence-corrected chi connectivity index (χ2v) is 9.60. The van der Waals surface area contributed by atoms with Crippen molar-refractivity contribution >= 4 is 10.8 Å². The first-order valence-corrected chi connectivity index (χ1v) is 11.3. The molecule has 0 amide bonds. The van der Waals surface area contributed by atoms with E-state index in [9.17, 15) is 0 Å². The van der Waals surface area contributed by atoms with Gasteiger partial charge in [0.05, 0.1) is 16.5 Å². The Kier molecular flexibility index (Phi) is 5.71. The zero-order valence-electron chi connectivity index (χ0n) is 20.0. The van der Waals surface area contributed by atoms with Gasteiger partial charge < -0.3 is 0 Å². The van der Waals surface area contributed by atoms with Crippen molar-refractivity contribution in [3.8, 4) is 22.4 Å². The van der Waals surface area contributed by atoms with Gasteiger partial charge in [-0.25, -0.2) is 0 Å². The molecule has 3 aromatic carbocycles. The summed E-state index contributed by atoms with van der Waals surface area (Å²) in [5.74, 6) is 0.640. The van der Waals surface area contributed by atoms with Gasteiger partial charge in [-0.05, 0) is 74.4 Å². The highest BCUT2D eigenvalue weighted by Gasteiger charge is 2.22. The molecule has 158 valence electrons. The lowest BCUT2D eigenvalue weighted by molar-refractivity contribution is -0.658. The summed E-state index contributed by atoms with van der Waals surface area (Å²) in [7, 11) is 2.19. The molecule has 31 heavy (non-hydrogen) atoms. The Bertz CT molecular complexity index is 1260. The van der Waals surface area contributed by atoms with Gasteiger partial charge >= 0.3 is 0 Å². The maximum Gasteiger partial charge on any atom is 0.220 e. The highest BCUT2D eigenvalue weighted by atomic mass is 14.9. The number of benzene rings is 3. The molecule has 0 aliphatic rings. The van der Waals surface area contributed by atoms with Gasteiger partial charge in [0.1, 0.15) is 7.05 Å². The van der Waals surface area contributed by atoms with Crippen LogP contribution in [0.3, 0.4) is 0 Å². The van der Waals surface area contributed by atoms with E-state index in [1.807, 2.05) is 0 Å². The van der Waals surface area contributed by atoms with Crippen LogP contribution in [-0.4, -0.2) is 0 Å². The Hall–Kier alpha value is -2.93. The minimum absolute atomic E-state index is 0.640. The molecule has 4 aromatic rings. The molecule has 0 spiro atoms. The lowest BCUT2D eigenvalue weighted by Gasteiger charge is -2.15. The van der Waals surface area contributed by atoms with Crippen molar-refractivity contribution in [2.45, 2.75) is 48.0 Å². The van der Waals surface area contributed by atoms with Gasteiger partial charge in [-0.2, -0.15) is 4.57 Å². The van der Waals surface area contributed by atoms with Crippen LogP contribution in [0.5, 0.6) is 0 Å². The number of rotatable bonds is 4. The van der Waals surface area contributed by atoms with Crippen LogP contribution in [0.4, 0.5) is 0 Å². The van der Waals surface area contributed by atoms with Crippen molar-refractivity contribution in [2.75, 3.05) is 0 Å². The predicted octanol–water partition coefficient (Wildman–Crippen LogP) is 7.43. The third-order valence-electron chi connectivity index (χ3n) is 6.38. The van der Waals surface area contributed by atoms with Crippen molar-refractivity contribution < 1.29 is 4.57 Å². The zero-order valence-corrected chi connectivity index (χ0v) is 20.0. The summed E-state index contributed by atoms with van der Waals surface area (Å²) in [5, 5.41) is 2.66. The number of fused-ring (bicyclic) bond motifs is 1. The third-order valence-corrected chi connectivity index (χ3v) is 6.38. The van der Waals surface area contributed by atoms with Crippen LogP contribution in [0, 0.1) is 33.6 Å². The monoisotopic (exact) mass is 408 g/mol. The average molecular weight is 409 g/mol. The summed E-state index contributed by atoms with van der Waals surface area (Å²) in [5.41, 5.74) is 11.9. The van der Waals surface area contributed by atoms with Gasteiger partial charge in [-0.3, -0.25) is 0 Å².